The van der Waals surface area contributed by atoms with E-state index in [9.17, 15) is 0 Å². The van der Waals surface area contributed by atoms with E-state index < -0.39 is 0 Å². The highest BCUT2D eigenvalue weighted by Crippen LogP contribution is 2.21. The topological polar surface area (TPSA) is 24.9 Å². The number of hydrogen-bond acceptors (Lipinski definition) is 2. The Morgan fingerprint density at radius 3 is 2.17 bits per heavy atom. The molecule has 0 aliphatic heterocycles. The molecule has 0 aromatic carbocycles. The number of hydrogen-bond donors (Lipinski definition) is 1. The summed E-state index contributed by atoms with van der Waals surface area (Å²) in [6.07, 6.45) is 4.18. The fourth-order valence-electron chi connectivity index (χ4n) is 2.22. The lowest BCUT2D eigenvalue weighted by Crippen LogP contribution is -2.23. The predicted molar refractivity (Wildman–Crippen MR) is 80.3 cm³/mol. The molecule has 3 heteroatoms. The highest BCUT2D eigenvalue weighted by Gasteiger charge is 2.13. The molecule has 0 spiro atoms. The van der Waals surface area contributed by atoms with Crippen LogP contribution in [0.3, 0.4) is 0 Å². The van der Waals surface area contributed by atoms with Gasteiger partial charge in [0.2, 0.25) is 0 Å². The molecule has 0 unspecified atom stereocenters. The van der Waals surface area contributed by atoms with E-state index in [1.807, 2.05) is 13.1 Å². The molecule has 0 saturated heterocycles. The van der Waals surface area contributed by atoms with Gasteiger partial charge in [-0.25, -0.2) is 4.98 Å². The Hall–Kier alpha value is -0.760. The van der Waals surface area contributed by atoms with Gasteiger partial charge in [-0.3, -0.25) is 0 Å². The molecule has 1 heterocycles. The molecule has 1 rings (SSSR count). The average Bonchev–Trinajstić information content (AvgIpc) is 2.21. The first-order valence-corrected chi connectivity index (χ1v) is 7.15. The summed E-state index contributed by atoms with van der Waals surface area (Å²) in [7, 11) is 0. The molecule has 0 aliphatic rings. The third-order valence-electron chi connectivity index (χ3n) is 2.90. The first kappa shape index (κ1) is 15.3. The largest absolute Gasteiger partial charge is 0.381 e. The second-order valence-corrected chi connectivity index (χ2v) is 6.29. The maximum Gasteiger partial charge on any atom is 0.132 e. The third-order valence-corrected chi connectivity index (χ3v) is 3.29. The Labute approximate surface area is 116 Å². The summed E-state index contributed by atoms with van der Waals surface area (Å²) in [6, 6.07) is 2.58. The van der Waals surface area contributed by atoms with Crippen LogP contribution in [0.15, 0.2) is 12.3 Å². The lowest BCUT2D eigenvalue weighted by Gasteiger charge is -2.23. The number of aromatic nitrogens is 1. The van der Waals surface area contributed by atoms with E-state index in [0.29, 0.717) is 23.0 Å². The number of aryl methyl sites for hydroxylation is 1. The Kier molecular flexibility index (Phi) is 5.94. The summed E-state index contributed by atoms with van der Waals surface area (Å²) in [5.41, 5.74) is 2.10. The summed E-state index contributed by atoms with van der Waals surface area (Å²) >= 11 is 5.95. The lowest BCUT2D eigenvalue weighted by molar-refractivity contribution is 0.442. The number of nitrogens with zero attached hydrogens (tertiary/aromatic N) is 1. The van der Waals surface area contributed by atoms with Crippen molar-refractivity contribution in [2.75, 3.05) is 5.32 Å². The second kappa shape index (κ2) is 6.98. The number of nitrogens with one attached hydrogen (secondary N) is 1. The van der Waals surface area contributed by atoms with E-state index >= 15 is 0 Å². The van der Waals surface area contributed by atoms with Gasteiger partial charge in [0.15, 0.2) is 0 Å². The molecule has 102 valence electrons. The summed E-state index contributed by atoms with van der Waals surface area (Å²) in [5.74, 6) is 1.39. The smallest absolute Gasteiger partial charge is 0.132 e. The van der Waals surface area contributed by atoms with Crippen LogP contribution in [0, 0.1) is 18.8 Å². The van der Waals surface area contributed by atoms with Gasteiger partial charge in [-0.05, 0) is 43.2 Å². The standard InChI is InChI=1S/C15H25ClN2/c1-10(2)6-13(7-11(3)4)18-14-8-12(5)15(16)17-9-14/h8-11,13,18H,6-7H2,1-5H3. The van der Waals surface area contributed by atoms with E-state index in [-0.39, 0.29) is 0 Å². The van der Waals surface area contributed by atoms with Crippen molar-refractivity contribution in [3.05, 3.63) is 23.0 Å². The van der Waals surface area contributed by atoms with Crippen molar-refractivity contribution in [2.45, 2.75) is 53.5 Å². The molecular formula is C15H25ClN2. The lowest BCUT2D eigenvalue weighted by atomic mass is 9.95. The van der Waals surface area contributed by atoms with Crippen molar-refractivity contribution in [3.63, 3.8) is 0 Å². The molecule has 1 aromatic heterocycles. The molecule has 2 nitrogen and oxygen atoms in total. The number of rotatable bonds is 6. The molecule has 0 fully saturated rings. The summed E-state index contributed by atoms with van der Waals surface area (Å²) < 4.78 is 0. The maximum atomic E-state index is 5.95. The van der Waals surface area contributed by atoms with Gasteiger partial charge >= 0.3 is 0 Å². The zero-order valence-corrected chi connectivity index (χ0v) is 12.9. The Bertz CT molecular complexity index is 365. The minimum atomic E-state index is 0.507. The van der Waals surface area contributed by atoms with Gasteiger partial charge in [-0.15, -0.1) is 0 Å². The molecule has 1 N–H and O–H groups in total. The predicted octanol–water partition coefficient (Wildman–Crippen LogP) is 4.92. The Morgan fingerprint density at radius 1 is 1.17 bits per heavy atom. The molecule has 1 aromatic rings. The molecule has 18 heavy (non-hydrogen) atoms. The molecule has 0 bridgehead atoms. The van der Waals surface area contributed by atoms with Crippen molar-refractivity contribution < 1.29 is 0 Å². The molecule has 0 aliphatic carbocycles. The minimum Gasteiger partial charge on any atom is -0.381 e. The van der Waals surface area contributed by atoms with Crippen LogP contribution in [0.4, 0.5) is 5.69 Å². The monoisotopic (exact) mass is 268 g/mol. The van der Waals surface area contributed by atoms with Crippen LogP contribution in [0.2, 0.25) is 5.15 Å². The number of anilines is 1. The van der Waals surface area contributed by atoms with Gasteiger partial charge in [0.1, 0.15) is 5.15 Å². The summed E-state index contributed by atoms with van der Waals surface area (Å²) in [6.45, 7) is 11.0. The molecular weight excluding hydrogens is 244 g/mol. The van der Waals surface area contributed by atoms with Crippen molar-refractivity contribution in [2.24, 2.45) is 11.8 Å². The minimum absolute atomic E-state index is 0.507. The van der Waals surface area contributed by atoms with Crippen LogP contribution < -0.4 is 5.32 Å². The van der Waals surface area contributed by atoms with Gasteiger partial charge in [0.25, 0.3) is 0 Å². The molecule has 0 saturated carbocycles. The van der Waals surface area contributed by atoms with Gasteiger partial charge in [0, 0.05) is 6.04 Å². The van der Waals surface area contributed by atoms with Crippen molar-refractivity contribution in [1.29, 1.82) is 0 Å². The summed E-state index contributed by atoms with van der Waals surface area (Å²) in [5, 5.41) is 4.18. The SMILES string of the molecule is Cc1cc(NC(CC(C)C)CC(C)C)cnc1Cl. The second-order valence-electron chi connectivity index (χ2n) is 5.93. The summed E-state index contributed by atoms with van der Waals surface area (Å²) in [4.78, 5) is 4.19. The highest BCUT2D eigenvalue weighted by molar-refractivity contribution is 6.30. The van der Waals surface area contributed by atoms with E-state index in [1.54, 1.807) is 0 Å². The van der Waals surface area contributed by atoms with E-state index in [1.165, 1.54) is 12.8 Å². The molecule has 0 amide bonds. The van der Waals surface area contributed by atoms with Crippen LogP contribution in [0.5, 0.6) is 0 Å². The van der Waals surface area contributed by atoms with Crippen molar-refractivity contribution in [1.82, 2.24) is 4.98 Å². The maximum absolute atomic E-state index is 5.95. The van der Waals surface area contributed by atoms with Crippen molar-refractivity contribution >= 4 is 17.3 Å². The number of pyridine rings is 1. The van der Waals surface area contributed by atoms with Crippen LogP contribution in [-0.2, 0) is 0 Å². The van der Waals surface area contributed by atoms with Crippen LogP contribution in [0.1, 0.15) is 46.1 Å². The first-order valence-electron chi connectivity index (χ1n) is 6.77. The van der Waals surface area contributed by atoms with Gasteiger partial charge in [-0.1, -0.05) is 39.3 Å². The van der Waals surface area contributed by atoms with Gasteiger partial charge in [0.05, 0.1) is 11.9 Å². The van der Waals surface area contributed by atoms with Crippen LogP contribution in [0.25, 0.3) is 0 Å². The molecule has 0 atom stereocenters. The zero-order valence-electron chi connectivity index (χ0n) is 12.1. The van der Waals surface area contributed by atoms with Crippen LogP contribution >= 0.6 is 11.6 Å². The van der Waals surface area contributed by atoms with E-state index in [0.717, 1.165) is 11.3 Å². The van der Waals surface area contributed by atoms with Gasteiger partial charge in [-0.2, -0.15) is 0 Å². The Balaban J connectivity index is 2.71. The normalized spacial score (nSPS) is 11.6. The van der Waals surface area contributed by atoms with E-state index in [2.05, 4.69) is 44.1 Å². The van der Waals surface area contributed by atoms with E-state index in [4.69, 9.17) is 11.6 Å². The third kappa shape index (κ3) is 5.26. The number of halogens is 1. The Morgan fingerprint density at radius 2 is 1.72 bits per heavy atom. The molecule has 0 radical (unpaired) electrons. The van der Waals surface area contributed by atoms with Gasteiger partial charge < -0.3 is 5.32 Å². The first-order chi connectivity index (χ1) is 8.38. The fraction of sp³-hybridized carbons (Fsp3) is 0.667. The quantitative estimate of drug-likeness (QED) is 0.741. The fourth-order valence-corrected chi connectivity index (χ4v) is 2.33. The highest BCUT2D eigenvalue weighted by atomic mass is 35.5. The zero-order chi connectivity index (χ0) is 13.7. The average molecular weight is 269 g/mol. The van der Waals surface area contributed by atoms with Crippen molar-refractivity contribution in [3.8, 4) is 0 Å². The van der Waals surface area contributed by atoms with Crippen LogP contribution in [-0.4, -0.2) is 11.0 Å².